The maximum absolute atomic E-state index is 12.0. The first-order valence-electron chi connectivity index (χ1n) is 6.65. The molecule has 2 heterocycles. The van der Waals surface area contributed by atoms with Crippen LogP contribution in [0.25, 0.3) is 11.0 Å². The molecule has 3 aromatic rings. The van der Waals surface area contributed by atoms with Gasteiger partial charge in [-0.1, -0.05) is 12.1 Å². The maximum atomic E-state index is 12.0. The number of rotatable bonds is 4. The second kappa shape index (κ2) is 5.97. The van der Waals surface area contributed by atoms with E-state index in [1.165, 1.54) is 9.75 Å². The lowest BCUT2D eigenvalue weighted by atomic mass is 10.3. The highest BCUT2D eigenvalue weighted by atomic mass is 32.1. The summed E-state index contributed by atoms with van der Waals surface area (Å²) in [5, 5.41) is 10.7. The molecular formula is C15H14N4OS. The van der Waals surface area contributed by atoms with Crippen molar-refractivity contribution in [1.82, 2.24) is 20.5 Å². The van der Waals surface area contributed by atoms with Crippen molar-refractivity contribution < 1.29 is 4.79 Å². The van der Waals surface area contributed by atoms with E-state index in [1.54, 1.807) is 11.3 Å². The van der Waals surface area contributed by atoms with Gasteiger partial charge in [0.25, 0.3) is 5.91 Å². The van der Waals surface area contributed by atoms with Crippen LogP contribution in [0.2, 0.25) is 0 Å². The number of aryl methyl sites for hydroxylation is 1. The SMILES string of the molecule is Cc1ccc(CCNC(=O)c2nnc3ccccc3n2)s1. The van der Waals surface area contributed by atoms with Crippen molar-refractivity contribution in [3.05, 3.63) is 52.0 Å². The number of aromatic nitrogens is 3. The molecular weight excluding hydrogens is 284 g/mol. The highest BCUT2D eigenvalue weighted by molar-refractivity contribution is 7.11. The van der Waals surface area contributed by atoms with Gasteiger partial charge < -0.3 is 5.32 Å². The number of para-hydroxylation sites is 1. The van der Waals surface area contributed by atoms with Gasteiger partial charge >= 0.3 is 0 Å². The fourth-order valence-electron chi connectivity index (χ4n) is 1.97. The Hall–Kier alpha value is -2.34. The molecule has 0 unspecified atom stereocenters. The van der Waals surface area contributed by atoms with Crippen LogP contribution >= 0.6 is 11.3 Å². The molecule has 0 saturated carbocycles. The highest BCUT2D eigenvalue weighted by Crippen LogP contribution is 2.15. The van der Waals surface area contributed by atoms with Gasteiger partial charge in [0.2, 0.25) is 5.82 Å². The fourth-order valence-corrected chi connectivity index (χ4v) is 2.86. The Morgan fingerprint density at radius 2 is 1.95 bits per heavy atom. The van der Waals surface area contributed by atoms with E-state index in [9.17, 15) is 4.79 Å². The molecule has 106 valence electrons. The molecule has 0 aliphatic heterocycles. The van der Waals surface area contributed by atoms with Crippen molar-refractivity contribution >= 4 is 28.3 Å². The van der Waals surface area contributed by atoms with E-state index in [1.807, 2.05) is 24.3 Å². The number of nitrogens with zero attached hydrogens (tertiary/aromatic N) is 3. The Morgan fingerprint density at radius 1 is 1.14 bits per heavy atom. The summed E-state index contributed by atoms with van der Waals surface area (Å²) in [5.74, 6) is -0.183. The molecule has 0 bridgehead atoms. The van der Waals surface area contributed by atoms with Crippen LogP contribution < -0.4 is 5.32 Å². The zero-order chi connectivity index (χ0) is 14.7. The van der Waals surface area contributed by atoms with Crippen LogP contribution in [0, 0.1) is 6.92 Å². The quantitative estimate of drug-likeness (QED) is 0.803. The van der Waals surface area contributed by atoms with Crippen molar-refractivity contribution in [3.63, 3.8) is 0 Å². The van der Waals surface area contributed by atoms with Gasteiger partial charge in [-0.2, -0.15) is 0 Å². The normalized spacial score (nSPS) is 10.7. The van der Waals surface area contributed by atoms with Crippen molar-refractivity contribution in [3.8, 4) is 0 Å². The Kier molecular flexibility index (Phi) is 3.87. The topological polar surface area (TPSA) is 67.8 Å². The summed E-state index contributed by atoms with van der Waals surface area (Å²) in [6.45, 7) is 2.64. The average Bonchev–Trinajstić information content (AvgIpc) is 2.92. The number of fused-ring (bicyclic) bond motifs is 1. The average molecular weight is 298 g/mol. The third-order valence-corrected chi connectivity index (χ3v) is 4.08. The van der Waals surface area contributed by atoms with Crippen LogP contribution in [-0.2, 0) is 6.42 Å². The fraction of sp³-hybridized carbons (Fsp3) is 0.200. The zero-order valence-electron chi connectivity index (χ0n) is 11.5. The molecule has 5 nitrogen and oxygen atoms in total. The van der Waals surface area contributed by atoms with Crippen molar-refractivity contribution in [2.45, 2.75) is 13.3 Å². The molecule has 3 rings (SSSR count). The number of amides is 1. The summed E-state index contributed by atoms with van der Waals surface area (Å²) >= 11 is 1.74. The van der Waals surface area contributed by atoms with E-state index in [0.717, 1.165) is 6.42 Å². The van der Waals surface area contributed by atoms with E-state index >= 15 is 0 Å². The monoisotopic (exact) mass is 298 g/mol. The first-order chi connectivity index (χ1) is 10.2. The molecule has 0 atom stereocenters. The Balaban J connectivity index is 1.63. The molecule has 1 amide bonds. The minimum Gasteiger partial charge on any atom is -0.349 e. The van der Waals surface area contributed by atoms with Crippen molar-refractivity contribution in [2.24, 2.45) is 0 Å². The molecule has 21 heavy (non-hydrogen) atoms. The standard InChI is InChI=1S/C15H14N4OS/c1-10-6-7-11(21-10)8-9-16-15(20)14-17-12-4-2-3-5-13(12)18-19-14/h2-7H,8-9H2,1H3,(H,16,20). The first-order valence-corrected chi connectivity index (χ1v) is 7.47. The van der Waals surface area contributed by atoms with E-state index in [2.05, 4.69) is 39.6 Å². The number of carbonyl (C=O) groups excluding carboxylic acids is 1. The summed E-state index contributed by atoms with van der Waals surface area (Å²) in [7, 11) is 0. The van der Waals surface area contributed by atoms with Gasteiger partial charge in [-0.25, -0.2) is 4.98 Å². The molecule has 1 aromatic carbocycles. The van der Waals surface area contributed by atoms with Gasteiger partial charge in [0, 0.05) is 16.3 Å². The Bertz CT molecular complexity index is 784. The molecule has 0 radical (unpaired) electrons. The molecule has 2 aromatic heterocycles. The smallest absolute Gasteiger partial charge is 0.291 e. The maximum Gasteiger partial charge on any atom is 0.291 e. The Morgan fingerprint density at radius 3 is 2.71 bits per heavy atom. The lowest BCUT2D eigenvalue weighted by Crippen LogP contribution is -2.27. The molecule has 1 N–H and O–H groups in total. The van der Waals surface area contributed by atoms with E-state index in [0.29, 0.717) is 17.6 Å². The van der Waals surface area contributed by atoms with E-state index < -0.39 is 0 Å². The van der Waals surface area contributed by atoms with Crippen molar-refractivity contribution in [2.75, 3.05) is 6.54 Å². The lowest BCUT2D eigenvalue weighted by molar-refractivity contribution is 0.0943. The number of thiophene rings is 1. The predicted octanol–water partition coefficient (Wildman–Crippen LogP) is 2.37. The minimum atomic E-state index is -0.290. The largest absolute Gasteiger partial charge is 0.349 e. The van der Waals surface area contributed by atoms with Crippen LogP contribution in [-0.4, -0.2) is 27.6 Å². The lowest BCUT2D eigenvalue weighted by Gasteiger charge is -2.03. The predicted molar refractivity (Wildman–Crippen MR) is 82.4 cm³/mol. The number of benzene rings is 1. The number of nitrogens with one attached hydrogen (secondary N) is 1. The highest BCUT2D eigenvalue weighted by Gasteiger charge is 2.10. The second-order valence-electron chi connectivity index (χ2n) is 4.64. The molecule has 0 fully saturated rings. The van der Waals surface area contributed by atoms with Gasteiger partial charge in [0.1, 0.15) is 5.52 Å². The van der Waals surface area contributed by atoms with Gasteiger partial charge in [-0.05, 0) is 37.6 Å². The molecule has 0 spiro atoms. The van der Waals surface area contributed by atoms with Gasteiger partial charge in [0.15, 0.2) is 0 Å². The summed E-state index contributed by atoms with van der Waals surface area (Å²) < 4.78 is 0. The second-order valence-corrected chi connectivity index (χ2v) is 6.01. The summed E-state index contributed by atoms with van der Waals surface area (Å²) in [5.41, 5.74) is 1.36. The third-order valence-electron chi connectivity index (χ3n) is 3.02. The Labute approximate surface area is 126 Å². The van der Waals surface area contributed by atoms with Crippen LogP contribution in [0.3, 0.4) is 0 Å². The molecule has 0 aliphatic rings. The van der Waals surface area contributed by atoms with Crippen LogP contribution in [0.4, 0.5) is 0 Å². The van der Waals surface area contributed by atoms with E-state index in [-0.39, 0.29) is 11.7 Å². The van der Waals surface area contributed by atoms with Crippen LogP contribution in [0.5, 0.6) is 0 Å². The summed E-state index contributed by atoms with van der Waals surface area (Å²) in [4.78, 5) is 18.8. The van der Waals surface area contributed by atoms with Gasteiger partial charge in [-0.15, -0.1) is 21.5 Å². The summed E-state index contributed by atoms with van der Waals surface area (Å²) in [6.07, 6.45) is 0.811. The number of hydrogen-bond acceptors (Lipinski definition) is 5. The van der Waals surface area contributed by atoms with Gasteiger partial charge in [-0.3, -0.25) is 4.79 Å². The molecule has 0 saturated heterocycles. The molecule has 6 heteroatoms. The van der Waals surface area contributed by atoms with Crippen LogP contribution in [0.1, 0.15) is 20.4 Å². The molecule has 0 aliphatic carbocycles. The summed E-state index contributed by atoms with van der Waals surface area (Å²) in [6, 6.07) is 11.5. The third kappa shape index (κ3) is 3.22. The van der Waals surface area contributed by atoms with Crippen LogP contribution in [0.15, 0.2) is 36.4 Å². The van der Waals surface area contributed by atoms with E-state index in [4.69, 9.17) is 0 Å². The van der Waals surface area contributed by atoms with Gasteiger partial charge in [0.05, 0.1) is 5.52 Å². The first kappa shape index (κ1) is 13.6. The number of hydrogen-bond donors (Lipinski definition) is 1. The minimum absolute atomic E-state index is 0.107. The number of carbonyl (C=O) groups is 1. The van der Waals surface area contributed by atoms with Crippen molar-refractivity contribution in [1.29, 1.82) is 0 Å². The zero-order valence-corrected chi connectivity index (χ0v) is 12.4.